The molecule has 24 nitrogen and oxygen atoms in total. The standard InChI is InChI=1S/C50H89N11O13/c1-11-28(6)36(56-49(72)43(29(7)12-2)60-46(69)34(18-14-15-21-51)54-40(66)24-33-17-16-22-61(33)32(10)63)25-41(67)55-35(19-20-38(52)64)45(68)57-37(26-62)47(70)59-42(27(4)5)48(71)53-31(9)23-39(65)58-44(50(73)74)30(8)13-3/h27-31,33-37,42-44,62H,11-26,51H2,1-10H3,(H2,52,64)(H,53,71)(H,54,66)(H,55,67)(H,56,72)(H,57,68)(H,58,65)(H,59,70)(H,60,69)(H,73,74)/t28-,29-,30-,31-,33-,34-,35-,36+,37-,42-,43-,44-/m0/s1. The second-order valence-corrected chi connectivity index (χ2v) is 20.2. The van der Waals surface area contributed by atoms with E-state index in [0.29, 0.717) is 51.6 Å². The fourth-order valence-electron chi connectivity index (χ4n) is 8.44. The number of hydrogen-bond donors (Lipinski definition) is 12. The Morgan fingerprint density at radius 1 is 0.595 bits per heavy atom. The molecule has 0 aromatic heterocycles. The van der Waals surface area contributed by atoms with Crippen molar-refractivity contribution in [1.82, 2.24) is 47.4 Å². The first-order chi connectivity index (χ1) is 34.7. The van der Waals surface area contributed by atoms with Crippen LogP contribution in [0.4, 0.5) is 0 Å². The molecule has 0 spiro atoms. The third-order valence-electron chi connectivity index (χ3n) is 13.7. The molecule has 1 fully saturated rings. The normalized spacial score (nSPS) is 17.8. The lowest BCUT2D eigenvalue weighted by molar-refractivity contribution is -0.143. The molecule has 1 saturated heterocycles. The van der Waals surface area contributed by atoms with E-state index < -0.39 is 126 Å². The van der Waals surface area contributed by atoms with Gasteiger partial charge in [0.15, 0.2) is 0 Å². The molecule has 74 heavy (non-hydrogen) atoms. The van der Waals surface area contributed by atoms with E-state index in [-0.39, 0.29) is 62.3 Å². The van der Waals surface area contributed by atoms with Crippen LogP contribution in [0, 0.1) is 23.7 Å². The largest absolute Gasteiger partial charge is 0.480 e. The number of nitrogens with one attached hydrogen (secondary N) is 8. The average Bonchev–Trinajstić information content (AvgIpc) is 3.80. The number of unbranched alkanes of at least 4 members (excludes halogenated alkanes) is 1. The number of carboxylic acids is 1. The summed E-state index contributed by atoms with van der Waals surface area (Å²) in [6.45, 7) is 16.9. The molecule has 1 aliphatic rings. The number of likely N-dealkylation sites (tertiary alicyclic amines) is 1. The number of amides is 10. The van der Waals surface area contributed by atoms with Crippen LogP contribution in [0.25, 0.3) is 0 Å². The second-order valence-electron chi connectivity index (χ2n) is 20.2. The van der Waals surface area contributed by atoms with Crippen molar-refractivity contribution in [2.45, 2.75) is 207 Å². The van der Waals surface area contributed by atoms with Crippen LogP contribution in [-0.2, 0) is 52.7 Å². The molecule has 422 valence electrons. The van der Waals surface area contributed by atoms with Crippen molar-refractivity contribution in [2.24, 2.45) is 35.1 Å². The van der Waals surface area contributed by atoms with Crippen molar-refractivity contribution in [1.29, 1.82) is 0 Å². The van der Waals surface area contributed by atoms with Crippen LogP contribution >= 0.6 is 0 Å². The van der Waals surface area contributed by atoms with Gasteiger partial charge in [-0.05, 0) is 75.7 Å². The highest BCUT2D eigenvalue weighted by atomic mass is 16.4. The number of nitrogens with zero attached hydrogens (tertiary/aromatic N) is 1. The Kier molecular flexibility index (Phi) is 30.2. The van der Waals surface area contributed by atoms with Crippen LogP contribution in [0.5, 0.6) is 0 Å². The predicted octanol–water partition coefficient (Wildman–Crippen LogP) is -0.668. The van der Waals surface area contributed by atoms with Crippen LogP contribution in [0.3, 0.4) is 0 Å². The number of rotatable bonds is 35. The molecule has 1 rings (SSSR count). The number of aliphatic hydroxyl groups excluding tert-OH is 1. The fourth-order valence-corrected chi connectivity index (χ4v) is 8.44. The molecule has 0 bridgehead atoms. The third kappa shape index (κ3) is 23.1. The Hall–Kier alpha value is -5.91. The van der Waals surface area contributed by atoms with Gasteiger partial charge in [0.1, 0.15) is 36.3 Å². The van der Waals surface area contributed by atoms with Gasteiger partial charge in [-0.25, -0.2) is 4.79 Å². The van der Waals surface area contributed by atoms with Crippen LogP contribution in [0.2, 0.25) is 0 Å². The summed E-state index contributed by atoms with van der Waals surface area (Å²) < 4.78 is 0. The number of carbonyl (C=O) groups excluding carboxylic acids is 10. The van der Waals surface area contributed by atoms with Crippen molar-refractivity contribution in [3.8, 4) is 0 Å². The zero-order chi connectivity index (χ0) is 56.4. The molecule has 10 amide bonds. The summed E-state index contributed by atoms with van der Waals surface area (Å²) in [5.74, 6) is -9.38. The maximum atomic E-state index is 14.2. The van der Waals surface area contributed by atoms with Gasteiger partial charge in [0, 0.05) is 57.3 Å². The Balaban J connectivity index is 3.21. The Bertz CT molecular complexity index is 1900. The molecule has 1 heterocycles. The molecular formula is C50H89N11O13. The number of carbonyl (C=O) groups is 11. The van der Waals surface area contributed by atoms with Crippen LogP contribution in [0.15, 0.2) is 0 Å². The molecule has 0 aliphatic carbocycles. The summed E-state index contributed by atoms with van der Waals surface area (Å²) in [4.78, 5) is 146. The highest BCUT2D eigenvalue weighted by Crippen LogP contribution is 2.21. The summed E-state index contributed by atoms with van der Waals surface area (Å²) in [6, 6.07) is -9.52. The van der Waals surface area contributed by atoms with E-state index in [1.807, 2.05) is 13.8 Å². The highest BCUT2D eigenvalue weighted by Gasteiger charge is 2.36. The first kappa shape index (κ1) is 66.1. The van der Waals surface area contributed by atoms with E-state index in [4.69, 9.17) is 11.5 Å². The molecule has 0 aromatic rings. The lowest BCUT2D eigenvalue weighted by Gasteiger charge is -2.31. The smallest absolute Gasteiger partial charge is 0.326 e. The van der Waals surface area contributed by atoms with E-state index in [1.165, 1.54) is 13.8 Å². The SMILES string of the molecule is CC[C@H](C)[C@H](NC(=O)C[C@H](C)NC(=O)[C@@H](NC(=O)[C@H](CO)NC(=O)[C@H](CCC(N)=O)NC(=O)C[C@@H](NC(=O)[C@@H](NC(=O)[C@H](CCCCN)NC(=O)C[C@@H]1CCCN1C(C)=O)[C@@H](C)CC)[C@@H](C)CC)C(C)C)C(=O)O. The zero-order valence-corrected chi connectivity index (χ0v) is 45.3. The van der Waals surface area contributed by atoms with Gasteiger partial charge in [-0.1, -0.05) is 74.7 Å². The first-order valence-corrected chi connectivity index (χ1v) is 26.2. The molecule has 0 saturated carbocycles. The molecule has 24 heteroatoms. The Morgan fingerprint density at radius 3 is 1.66 bits per heavy atom. The molecular weight excluding hydrogens is 963 g/mol. The van der Waals surface area contributed by atoms with Crippen molar-refractivity contribution in [3.05, 3.63) is 0 Å². The van der Waals surface area contributed by atoms with Crippen molar-refractivity contribution in [3.63, 3.8) is 0 Å². The molecule has 12 atom stereocenters. The monoisotopic (exact) mass is 1050 g/mol. The number of aliphatic hydroxyl groups is 1. The minimum Gasteiger partial charge on any atom is -0.480 e. The van der Waals surface area contributed by atoms with Gasteiger partial charge in [-0.15, -0.1) is 0 Å². The van der Waals surface area contributed by atoms with Gasteiger partial charge in [-0.3, -0.25) is 47.9 Å². The van der Waals surface area contributed by atoms with Gasteiger partial charge < -0.3 is 69.1 Å². The summed E-state index contributed by atoms with van der Waals surface area (Å²) in [5.41, 5.74) is 11.1. The van der Waals surface area contributed by atoms with Crippen LogP contribution < -0.4 is 54.0 Å². The van der Waals surface area contributed by atoms with Gasteiger partial charge in [0.2, 0.25) is 59.1 Å². The number of primary amides is 1. The summed E-state index contributed by atoms with van der Waals surface area (Å²) in [6.07, 6.45) is 2.88. The van der Waals surface area contributed by atoms with Gasteiger partial charge in [0.05, 0.1) is 6.61 Å². The quantitative estimate of drug-likeness (QED) is 0.0351. The fraction of sp³-hybridized carbons (Fsp3) is 0.780. The maximum Gasteiger partial charge on any atom is 0.326 e. The van der Waals surface area contributed by atoms with Crippen LogP contribution in [-0.4, -0.2) is 154 Å². The van der Waals surface area contributed by atoms with E-state index in [2.05, 4.69) is 42.5 Å². The molecule has 0 aromatic carbocycles. The van der Waals surface area contributed by atoms with Crippen molar-refractivity contribution >= 4 is 65.0 Å². The van der Waals surface area contributed by atoms with E-state index in [1.54, 1.807) is 46.4 Å². The third-order valence-corrected chi connectivity index (χ3v) is 13.7. The van der Waals surface area contributed by atoms with Gasteiger partial charge in [0.25, 0.3) is 0 Å². The van der Waals surface area contributed by atoms with E-state index in [9.17, 15) is 63.0 Å². The van der Waals surface area contributed by atoms with E-state index in [0.717, 1.165) is 6.42 Å². The number of nitrogens with two attached hydrogens (primary N) is 2. The minimum atomic E-state index is -1.65. The average molecular weight is 1050 g/mol. The van der Waals surface area contributed by atoms with Gasteiger partial charge >= 0.3 is 5.97 Å². The summed E-state index contributed by atoms with van der Waals surface area (Å²) in [5, 5.41) is 40.9. The highest BCUT2D eigenvalue weighted by molar-refractivity contribution is 5.96. The Morgan fingerprint density at radius 2 is 1.12 bits per heavy atom. The molecule has 1 aliphatic heterocycles. The number of hydrogen-bond acceptors (Lipinski definition) is 13. The second kappa shape index (κ2) is 33.8. The van der Waals surface area contributed by atoms with Crippen LogP contribution in [0.1, 0.15) is 153 Å². The maximum absolute atomic E-state index is 14.2. The number of aliphatic carboxylic acids is 1. The van der Waals surface area contributed by atoms with E-state index >= 15 is 0 Å². The lowest BCUT2D eigenvalue weighted by Crippen LogP contribution is -2.59. The van der Waals surface area contributed by atoms with Gasteiger partial charge in [-0.2, -0.15) is 0 Å². The van der Waals surface area contributed by atoms with Crippen molar-refractivity contribution in [2.75, 3.05) is 19.7 Å². The Labute approximate surface area is 436 Å². The lowest BCUT2D eigenvalue weighted by atomic mass is 9.93. The topological polar surface area (TPSA) is 380 Å². The predicted molar refractivity (Wildman–Crippen MR) is 275 cm³/mol. The molecule has 0 unspecified atom stereocenters. The summed E-state index contributed by atoms with van der Waals surface area (Å²) in [7, 11) is 0. The molecule has 0 radical (unpaired) electrons. The minimum absolute atomic E-state index is 0.0138. The summed E-state index contributed by atoms with van der Waals surface area (Å²) >= 11 is 0. The molecule has 14 N–H and O–H groups in total. The van der Waals surface area contributed by atoms with Crippen molar-refractivity contribution < 1.29 is 63.0 Å². The number of carboxylic acid groups (broad SMARTS) is 1. The zero-order valence-electron chi connectivity index (χ0n) is 45.3. The first-order valence-electron chi connectivity index (χ1n) is 26.2.